The number of rotatable bonds is 14. The van der Waals surface area contributed by atoms with Crippen molar-refractivity contribution in [2.75, 3.05) is 18.0 Å². The van der Waals surface area contributed by atoms with Crippen molar-refractivity contribution in [3.05, 3.63) is 76.4 Å². The fraction of sp³-hybridized carbons (Fsp3) is 0.483. The van der Waals surface area contributed by atoms with Gasteiger partial charge in [0.25, 0.3) is 0 Å². The molecule has 0 aliphatic carbocycles. The maximum atomic E-state index is 11.5. The highest BCUT2D eigenvalue weighted by molar-refractivity contribution is 5.88. The smallest absolute Gasteiger partial charge is 0.335 e. The minimum absolute atomic E-state index is 0.328. The molecule has 0 aromatic heterocycles. The largest absolute Gasteiger partial charge is 0.478 e. The molecule has 0 saturated heterocycles. The molecule has 0 unspecified atom stereocenters. The zero-order valence-corrected chi connectivity index (χ0v) is 21.1. The average molecular weight is 438 g/mol. The van der Waals surface area contributed by atoms with Crippen LogP contribution in [-0.2, 0) is 0 Å². The Morgan fingerprint density at radius 3 is 1.75 bits per heavy atom. The second-order valence-corrected chi connectivity index (χ2v) is 8.75. The minimum atomic E-state index is -0.888. The third-order valence-corrected chi connectivity index (χ3v) is 5.96. The number of hydrogen-bond acceptors (Lipinski definition) is 2. The minimum Gasteiger partial charge on any atom is -0.478 e. The molecule has 32 heavy (non-hydrogen) atoms. The summed E-state index contributed by atoms with van der Waals surface area (Å²) < 4.78 is 0. The first-order valence-corrected chi connectivity index (χ1v) is 12.0. The highest BCUT2D eigenvalue weighted by atomic mass is 16.4. The summed E-state index contributed by atoms with van der Waals surface area (Å²) in [6.45, 7) is 14.7. The Labute approximate surface area is 196 Å². The topological polar surface area (TPSA) is 40.5 Å². The number of carboxylic acid groups (broad SMARTS) is 1. The molecule has 176 valence electrons. The van der Waals surface area contributed by atoms with E-state index < -0.39 is 5.97 Å². The Morgan fingerprint density at radius 1 is 0.812 bits per heavy atom. The Morgan fingerprint density at radius 2 is 1.31 bits per heavy atom. The summed E-state index contributed by atoms with van der Waals surface area (Å²) in [5, 5.41) is 9.40. The Kier molecular flexibility index (Phi) is 13.1. The number of hydrogen-bond donors (Lipinski definition) is 1. The van der Waals surface area contributed by atoms with E-state index in [9.17, 15) is 9.90 Å². The summed E-state index contributed by atoms with van der Waals surface area (Å²) in [5.41, 5.74) is 6.88. The molecule has 0 radical (unpaired) electrons. The molecule has 0 heterocycles. The van der Waals surface area contributed by atoms with Crippen LogP contribution in [-0.4, -0.2) is 24.2 Å². The van der Waals surface area contributed by atoms with Crippen molar-refractivity contribution in [1.29, 1.82) is 0 Å². The van der Waals surface area contributed by atoms with Crippen LogP contribution < -0.4 is 4.90 Å². The molecule has 0 aliphatic heterocycles. The van der Waals surface area contributed by atoms with Gasteiger partial charge in [0.2, 0.25) is 0 Å². The zero-order valence-electron chi connectivity index (χ0n) is 21.1. The summed E-state index contributed by atoms with van der Waals surface area (Å²) in [6.07, 6.45) is 15.7. The van der Waals surface area contributed by atoms with E-state index in [4.69, 9.17) is 0 Å². The molecule has 0 spiro atoms. The summed E-state index contributed by atoms with van der Waals surface area (Å²) in [5.74, 6) is -0.888. The quantitative estimate of drug-likeness (QED) is 0.297. The Hall–Kier alpha value is -2.55. The third-order valence-electron chi connectivity index (χ3n) is 5.96. The SMILES string of the molecule is CC/C(C)=C/CC/C(C)=C/CN(C/C=C(\C)CC/C=C(\C)CC)c1cccc(C(=O)O)c1. The second-order valence-electron chi connectivity index (χ2n) is 8.75. The first kappa shape index (κ1) is 27.5. The number of benzene rings is 1. The van der Waals surface area contributed by atoms with Gasteiger partial charge < -0.3 is 10.0 Å². The third kappa shape index (κ3) is 11.2. The number of allylic oxidation sites excluding steroid dienone is 6. The molecular formula is C29H43NO2. The maximum absolute atomic E-state index is 11.5. The molecule has 3 nitrogen and oxygen atoms in total. The second kappa shape index (κ2) is 15.3. The van der Waals surface area contributed by atoms with E-state index in [0.29, 0.717) is 5.56 Å². The number of anilines is 1. The van der Waals surface area contributed by atoms with Crippen LogP contribution in [0, 0.1) is 0 Å². The van der Waals surface area contributed by atoms with E-state index in [1.54, 1.807) is 12.1 Å². The zero-order chi connectivity index (χ0) is 23.9. The van der Waals surface area contributed by atoms with E-state index in [2.05, 4.69) is 70.7 Å². The number of nitrogens with zero attached hydrogens (tertiary/aromatic N) is 1. The first-order valence-electron chi connectivity index (χ1n) is 12.0. The molecule has 1 aromatic carbocycles. The first-order chi connectivity index (χ1) is 15.3. The van der Waals surface area contributed by atoms with Crippen molar-refractivity contribution in [3.63, 3.8) is 0 Å². The van der Waals surface area contributed by atoms with Crippen molar-refractivity contribution < 1.29 is 9.90 Å². The molecule has 0 fully saturated rings. The van der Waals surface area contributed by atoms with Gasteiger partial charge >= 0.3 is 5.97 Å². The Balaban J connectivity index is 2.92. The van der Waals surface area contributed by atoms with Gasteiger partial charge in [-0.3, -0.25) is 0 Å². The highest BCUT2D eigenvalue weighted by Gasteiger charge is 2.08. The van der Waals surface area contributed by atoms with Gasteiger partial charge in [-0.15, -0.1) is 0 Å². The van der Waals surface area contributed by atoms with Gasteiger partial charge in [-0.1, -0.05) is 66.5 Å². The van der Waals surface area contributed by atoms with E-state index >= 15 is 0 Å². The van der Waals surface area contributed by atoms with Crippen molar-refractivity contribution in [2.24, 2.45) is 0 Å². The van der Waals surface area contributed by atoms with Crippen LogP contribution >= 0.6 is 0 Å². The van der Waals surface area contributed by atoms with E-state index in [1.165, 1.54) is 22.3 Å². The lowest BCUT2D eigenvalue weighted by atomic mass is 10.1. The summed E-state index contributed by atoms with van der Waals surface area (Å²) >= 11 is 0. The molecule has 1 N–H and O–H groups in total. The van der Waals surface area contributed by atoms with Crippen molar-refractivity contribution in [3.8, 4) is 0 Å². The molecule has 0 bridgehead atoms. The molecule has 0 saturated carbocycles. The lowest BCUT2D eigenvalue weighted by Crippen LogP contribution is -2.24. The number of carboxylic acids is 1. The van der Waals surface area contributed by atoms with Crippen LogP contribution in [0.3, 0.4) is 0 Å². The highest BCUT2D eigenvalue weighted by Crippen LogP contribution is 2.19. The van der Waals surface area contributed by atoms with Crippen LogP contribution in [0.15, 0.2) is 70.9 Å². The predicted octanol–water partition coefficient (Wildman–Crippen LogP) is 8.36. The van der Waals surface area contributed by atoms with Crippen LogP contribution in [0.1, 0.15) is 90.4 Å². The summed E-state index contributed by atoms with van der Waals surface area (Å²) in [7, 11) is 0. The van der Waals surface area contributed by atoms with Crippen molar-refractivity contribution >= 4 is 11.7 Å². The van der Waals surface area contributed by atoms with Gasteiger partial charge in [-0.2, -0.15) is 0 Å². The molecule has 1 rings (SSSR count). The van der Waals surface area contributed by atoms with Gasteiger partial charge in [0.05, 0.1) is 5.56 Å². The molecular weight excluding hydrogens is 394 g/mol. The van der Waals surface area contributed by atoms with Crippen LogP contribution in [0.5, 0.6) is 0 Å². The molecule has 0 amide bonds. The number of carbonyl (C=O) groups is 1. The standard InChI is InChI=1S/C29H43NO2/c1-7-23(3)12-9-14-25(5)18-20-30(28-17-11-16-27(22-28)29(31)32)21-19-26(6)15-10-13-24(4)8-2/h11-13,16-19,22H,7-10,14-15,20-21H2,1-6H3,(H,31,32)/b23-12+,24-13+,25-18+,26-19+. The molecule has 0 aliphatic rings. The van der Waals surface area contributed by atoms with E-state index in [-0.39, 0.29) is 0 Å². The fourth-order valence-corrected chi connectivity index (χ4v) is 3.24. The summed E-state index contributed by atoms with van der Waals surface area (Å²) in [4.78, 5) is 13.7. The number of aromatic carboxylic acids is 1. The Bertz CT molecular complexity index is 800. The maximum Gasteiger partial charge on any atom is 0.335 e. The van der Waals surface area contributed by atoms with Gasteiger partial charge in [-0.05, 0) is 84.4 Å². The van der Waals surface area contributed by atoms with Gasteiger partial charge in [0.1, 0.15) is 0 Å². The van der Waals surface area contributed by atoms with Gasteiger partial charge in [-0.25, -0.2) is 4.79 Å². The monoisotopic (exact) mass is 437 g/mol. The normalized spacial score (nSPS) is 13.4. The van der Waals surface area contributed by atoms with Crippen LogP contribution in [0.2, 0.25) is 0 Å². The fourth-order valence-electron chi connectivity index (χ4n) is 3.24. The van der Waals surface area contributed by atoms with E-state index in [0.717, 1.165) is 57.3 Å². The van der Waals surface area contributed by atoms with Crippen LogP contribution in [0.25, 0.3) is 0 Å². The molecule has 0 atom stereocenters. The lowest BCUT2D eigenvalue weighted by Gasteiger charge is -2.23. The molecule has 1 aromatic rings. The van der Waals surface area contributed by atoms with Crippen LogP contribution in [0.4, 0.5) is 5.69 Å². The van der Waals surface area contributed by atoms with Gasteiger partial charge in [0.15, 0.2) is 0 Å². The lowest BCUT2D eigenvalue weighted by molar-refractivity contribution is 0.0697. The van der Waals surface area contributed by atoms with Gasteiger partial charge in [0, 0.05) is 18.8 Å². The predicted molar refractivity (Wildman–Crippen MR) is 140 cm³/mol. The average Bonchev–Trinajstić information content (AvgIpc) is 2.78. The van der Waals surface area contributed by atoms with E-state index in [1.807, 2.05) is 12.1 Å². The van der Waals surface area contributed by atoms with Crippen molar-refractivity contribution in [2.45, 2.75) is 80.1 Å². The molecule has 3 heteroatoms. The summed E-state index contributed by atoms with van der Waals surface area (Å²) in [6, 6.07) is 7.25. The van der Waals surface area contributed by atoms with Crippen molar-refractivity contribution in [1.82, 2.24) is 0 Å².